The highest BCUT2D eigenvalue weighted by Gasteiger charge is 2.23. The molecule has 1 unspecified atom stereocenters. The van der Waals surface area contributed by atoms with Gasteiger partial charge in [-0.3, -0.25) is 4.79 Å². The maximum Gasteiger partial charge on any atom is 0.331 e. The lowest BCUT2D eigenvalue weighted by atomic mass is 10.1. The molecule has 1 rings (SSSR count). The Morgan fingerprint density at radius 1 is 1.47 bits per heavy atom. The van der Waals surface area contributed by atoms with E-state index in [-0.39, 0.29) is 0 Å². The molecule has 1 N–H and O–H groups in total. The molecule has 0 aromatic heterocycles. The summed E-state index contributed by atoms with van der Waals surface area (Å²) in [5.74, 6) is -1.05. The van der Waals surface area contributed by atoms with E-state index in [0.717, 1.165) is 9.37 Å². The fraction of sp³-hybridized carbons (Fsp3) is 0.200. The Morgan fingerprint density at radius 3 is 2.40 bits per heavy atom. The molecule has 0 aliphatic heterocycles. The van der Waals surface area contributed by atoms with Crippen LogP contribution in [0.1, 0.15) is 11.6 Å². The largest absolute Gasteiger partial charge is 0.479 e. The highest BCUT2D eigenvalue weighted by molar-refractivity contribution is 9.10. The molecule has 4 nitrogen and oxygen atoms in total. The van der Waals surface area contributed by atoms with E-state index in [1.165, 1.54) is 7.05 Å². The zero-order chi connectivity index (χ0) is 11.4. The van der Waals surface area contributed by atoms with Crippen molar-refractivity contribution in [3.8, 4) is 0 Å². The smallest absolute Gasteiger partial charge is 0.331 e. The molecule has 1 aromatic carbocycles. The molecular formula is C10H10BrNO3. The van der Waals surface area contributed by atoms with Crippen LogP contribution in [-0.4, -0.2) is 29.4 Å². The summed E-state index contributed by atoms with van der Waals surface area (Å²) in [4.78, 5) is 22.6. The monoisotopic (exact) mass is 271 g/mol. The summed E-state index contributed by atoms with van der Waals surface area (Å²) in [6.07, 6.45) is 0.501. The molecule has 0 heterocycles. The Bertz CT molecular complexity index is 363. The molecular weight excluding hydrogens is 262 g/mol. The molecule has 0 radical (unpaired) electrons. The number of carboxylic acids is 1. The Balaban J connectivity index is 3.04. The van der Waals surface area contributed by atoms with Crippen LogP contribution in [0.4, 0.5) is 0 Å². The minimum Gasteiger partial charge on any atom is -0.479 e. The third-order valence-electron chi connectivity index (χ3n) is 1.99. The minimum absolute atomic E-state index is 0.501. The van der Waals surface area contributed by atoms with Crippen LogP contribution >= 0.6 is 15.9 Å². The van der Waals surface area contributed by atoms with E-state index in [0.29, 0.717) is 12.0 Å². The summed E-state index contributed by atoms with van der Waals surface area (Å²) in [6, 6.07) is 5.88. The van der Waals surface area contributed by atoms with E-state index in [1.54, 1.807) is 24.3 Å². The van der Waals surface area contributed by atoms with Gasteiger partial charge in [0.05, 0.1) is 0 Å². The highest BCUT2D eigenvalue weighted by atomic mass is 79.9. The summed E-state index contributed by atoms with van der Waals surface area (Å²) in [5, 5.41) is 8.99. The predicted molar refractivity (Wildman–Crippen MR) is 58.3 cm³/mol. The number of carboxylic acid groups (broad SMARTS) is 1. The summed E-state index contributed by atoms with van der Waals surface area (Å²) < 4.78 is 0.865. The number of hydrogen-bond acceptors (Lipinski definition) is 2. The minimum atomic E-state index is -1.05. The molecule has 0 saturated heterocycles. The molecule has 1 aromatic rings. The van der Waals surface area contributed by atoms with Crippen molar-refractivity contribution < 1.29 is 14.7 Å². The maximum atomic E-state index is 11.0. The van der Waals surface area contributed by atoms with Crippen molar-refractivity contribution in [2.45, 2.75) is 6.04 Å². The van der Waals surface area contributed by atoms with Crippen LogP contribution in [0.2, 0.25) is 0 Å². The Kier molecular flexibility index (Phi) is 3.85. The van der Waals surface area contributed by atoms with Crippen LogP contribution in [-0.2, 0) is 9.59 Å². The summed E-state index contributed by atoms with van der Waals surface area (Å²) >= 11 is 3.26. The molecule has 15 heavy (non-hydrogen) atoms. The second-order valence-electron chi connectivity index (χ2n) is 3.06. The quantitative estimate of drug-likeness (QED) is 0.848. The highest BCUT2D eigenvalue weighted by Crippen LogP contribution is 2.20. The fourth-order valence-corrected chi connectivity index (χ4v) is 1.52. The van der Waals surface area contributed by atoms with E-state index >= 15 is 0 Å². The molecule has 0 spiro atoms. The van der Waals surface area contributed by atoms with Gasteiger partial charge in [0, 0.05) is 11.5 Å². The average molecular weight is 272 g/mol. The van der Waals surface area contributed by atoms with Gasteiger partial charge in [-0.2, -0.15) is 0 Å². The Labute approximate surface area is 95.6 Å². The normalized spacial score (nSPS) is 11.9. The second kappa shape index (κ2) is 4.93. The number of halogens is 1. The van der Waals surface area contributed by atoms with Gasteiger partial charge in [0.2, 0.25) is 6.41 Å². The van der Waals surface area contributed by atoms with Gasteiger partial charge in [-0.25, -0.2) is 4.79 Å². The first-order chi connectivity index (χ1) is 7.06. The summed E-state index contributed by atoms with van der Waals surface area (Å²) in [5.41, 5.74) is 0.570. The van der Waals surface area contributed by atoms with E-state index < -0.39 is 12.0 Å². The second-order valence-corrected chi connectivity index (χ2v) is 3.98. The third kappa shape index (κ3) is 2.79. The molecule has 1 atom stereocenters. The lowest BCUT2D eigenvalue weighted by molar-refractivity contribution is -0.145. The number of carbonyl (C=O) groups excluding carboxylic acids is 1. The van der Waals surface area contributed by atoms with Crippen LogP contribution < -0.4 is 0 Å². The van der Waals surface area contributed by atoms with Gasteiger partial charge in [-0.05, 0) is 17.7 Å². The van der Waals surface area contributed by atoms with E-state index in [1.807, 2.05) is 0 Å². The van der Waals surface area contributed by atoms with Crippen molar-refractivity contribution in [3.05, 3.63) is 34.3 Å². The van der Waals surface area contributed by atoms with Crippen molar-refractivity contribution in [1.29, 1.82) is 0 Å². The van der Waals surface area contributed by atoms with Gasteiger partial charge < -0.3 is 10.0 Å². The molecule has 80 valence electrons. The topological polar surface area (TPSA) is 57.6 Å². The van der Waals surface area contributed by atoms with Crippen LogP contribution in [0, 0.1) is 0 Å². The number of aliphatic carboxylic acids is 1. The molecule has 0 saturated carbocycles. The van der Waals surface area contributed by atoms with Crippen LogP contribution in [0.15, 0.2) is 28.7 Å². The lowest BCUT2D eigenvalue weighted by Gasteiger charge is -2.20. The first-order valence-corrected chi connectivity index (χ1v) is 5.01. The van der Waals surface area contributed by atoms with Crippen LogP contribution in [0.5, 0.6) is 0 Å². The van der Waals surface area contributed by atoms with Crippen molar-refractivity contribution in [2.24, 2.45) is 0 Å². The van der Waals surface area contributed by atoms with Gasteiger partial charge >= 0.3 is 5.97 Å². The number of likely N-dealkylation sites (N-methyl/N-ethyl adjacent to an activating group) is 1. The van der Waals surface area contributed by atoms with E-state index in [9.17, 15) is 9.59 Å². The zero-order valence-corrected chi connectivity index (χ0v) is 9.64. The number of rotatable bonds is 4. The van der Waals surface area contributed by atoms with Gasteiger partial charge in [0.15, 0.2) is 6.04 Å². The molecule has 0 aliphatic rings. The molecule has 0 aliphatic carbocycles. The standard InChI is InChI=1S/C10H10BrNO3/c1-12(6-13)9(10(14)15)7-2-4-8(11)5-3-7/h2-6,9H,1H3,(H,14,15). The average Bonchev–Trinajstić information content (AvgIpc) is 2.20. The van der Waals surface area contributed by atoms with Crippen molar-refractivity contribution in [2.75, 3.05) is 7.05 Å². The van der Waals surface area contributed by atoms with E-state index in [4.69, 9.17) is 5.11 Å². The number of nitrogens with zero attached hydrogens (tertiary/aromatic N) is 1. The number of carbonyl (C=O) groups is 2. The SMILES string of the molecule is CN(C=O)C(C(=O)O)c1ccc(Br)cc1. The van der Waals surface area contributed by atoms with Gasteiger partial charge in [-0.1, -0.05) is 28.1 Å². The van der Waals surface area contributed by atoms with E-state index in [2.05, 4.69) is 15.9 Å². The molecule has 0 fully saturated rings. The predicted octanol–water partition coefficient (Wildman–Crippen LogP) is 1.66. The first-order valence-electron chi connectivity index (χ1n) is 4.21. The zero-order valence-electron chi connectivity index (χ0n) is 8.05. The van der Waals surface area contributed by atoms with Gasteiger partial charge in [0.25, 0.3) is 0 Å². The number of hydrogen-bond donors (Lipinski definition) is 1. The van der Waals surface area contributed by atoms with Crippen LogP contribution in [0.25, 0.3) is 0 Å². The van der Waals surface area contributed by atoms with Gasteiger partial charge in [-0.15, -0.1) is 0 Å². The molecule has 0 bridgehead atoms. The number of benzene rings is 1. The molecule has 5 heteroatoms. The maximum absolute atomic E-state index is 11.0. The lowest BCUT2D eigenvalue weighted by Crippen LogP contribution is -2.29. The number of amides is 1. The Hall–Kier alpha value is -1.36. The Morgan fingerprint density at radius 2 is 2.00 bits per heavy atom. The summed E-state index contributed by atoms with van der Waals surface area (Å²) in [6.45, 7) is 0. The van der Waals surface area contributed by atoms with Crippen molar-refractivity contribution in [3.63, 3.8) is 0 Å². The first kappa shape index (κ1) is 11.7. The van der Waals surface area contributed by atoms with Crippen molar-refractivity contribution in [1.82, 2.24) is 4.90 Å². The summed E-state index contributed by atoms with van der Waals surface area (Å²) in [7, 11) is 1.44. The third-order valence-corrected chi connectivity index (χ3v) is 2.52. The van der Waals surface area contributed by atoms with Gasteiger partial charge in [0.1, 0.15) is 0 Å². The fourth-order valence-electron chi connectivity index (χ4n) is 1.26. The van der Waals surface area contributed by atoms with Crippen molar-refractivity contribution >= 4 is 28.3 Å². The van der Waals surface area contributed by atoms with Crippen LogP contribution in [0.3, 0.4) is 0 Å². The molecule has 1 amide bonds.